The van der Waals surface area contributed by atoms with Gasteiger partial charge in [0.25, 0.3) is 5.78 Å². The van der Waals surface area contributed by atoms with Gasteiger partial charge in [-0.3, -0.25) is 4.79 Å². The van der Waals surface area contributed by atoms with E-state index in [1.165, 1.54) is 0 Å². The molecule has 0 aliphatic carbocycles. The maximum absolute atomic E-state index is 11.2. The molecule has 0 aromatic heterocycles. The van der Waals surface area contributed by atoms with Crippen molar-refractivity contribution in [2.45, 2.75) is 41.5 Å². The number of ketones is 1. The van der Waals surface area contributed by atoms with Crippen LogP contribution in [-0.2, 0) is 24.3 Å². The van der Waals surface area contributed by atoms with E-state index in [-0.39, 0.29) is 36.1 Å². The average molecular weight is 291 g/mol. The van der Waals surface area contributed by atoms with Gasteiger partial charge in [0.05, 0.1) is 0 Å². The SMILES string of the molecule is CC(C)(C)C#CC(=O)C#CC(C)(C)C.[Ru]. The first-order valence-corrected chi connectivity index (χ1v) is 4.70. The molecule has 0 N–H and O–H groups in total. The van der Waals surface area contributed by atoms with Crippen molar-refractivity contribution in [1.29, 1.82) is 0 Å². The number of carbonyl (C=O) groups is 1. The molecule has 0 saturated carbocycles. The van der Waals surface area contributed by atoms with Crippen LogP contribution >= 0.6 is 0 Å². The third kappa shape index (κ3) is 13.4. The Hall–Kier alpha value is -0.587. The second-order valence-corrected chi connectivity index (χ2v) is 5.33. The van der Waals surface area contributed by atoms with Crippen molar-refractivity contribution in [2.75, 3.05) is 0 Å². The van der Waals surface area contributed by atoms with Gasteiger partial charge in [0.15, 0.2) is 0 Å². The van der Waals surface area contributed by atoms with Crippen LogP contribution in [0.25, 0.3) is 0 Å². The zero-order valence-corrected chi connectivity index (χ0v) is 12.0. The molecule has 0 spiro atoms. The molecule has 15 heavy (non-hydrogen) atoms. The van der Waals surface area contributed by atoms with Crippen LogP contribution < -0.4 is 0 Å². The summed E-state index contributed by atoms with van der Waals surface area (Å²) in [5.74, 6) is 10.5. The van der Waals surface area contributed by atoms with Gasteiger partial charge in [-0.15, -0.1) is 0 Å². The van der Waals surface area contributed by atoms with Crippen LogP contribution in [0.5, 0.6) is 0 Å². The van der Waals surface area contributed by atoms with Gasteiger partial charge in [0.2, 0.25) is 0 Å². The quantitative estimate of drug-likeness (QED) is 0.381. The minimum atomic E-state index is -0.296. The molecule has 0 fully saturated rings. The van der Waals surface area contributed by atoms with Crippen molar-refractivity contribution >= 4 is 5.78 Å². The number of carbonyl (C=O) groups excluding carboxylic acids is 1. The zero-order valence-electron chi connectivity index (χ0n) is 10.3. The smallest absolute Gasteiger partial charge is 0.270 e. The molecule has 1 nitrogen and oxygen atoms in total. The predicted molar refractivity (Wildman–Crippen MR) is 59.5 cm³/mol. The molecular formula is C13H18ORu. The van der Waals surface area contributed by atoms with Gasteiger partial charge in [-0.25, -0.2) is 0 Å². The predicted octanol–water partition coefficient (Wildman–Crippen LogP) is 2.65. The van der Waals surface area contributed by atoms with Gasteiger partial charge >= 0.3 is 0 Å². The van der Waals surface area contributed by atoms with Crippen LogP contribution in [0.15, 0.2) is 0 Å². The molecule has 0 heterocycles. The first-order chi connectivity index (χ1) is 6.10. The molecule has 0 aliphatic heterocycles. The van der Waals surface area contributed by atoms with E-state index in [1.807, 2.05) is 41.5 Å². The van der Waals surface area contributed by atoms with Gasteiger partial charge in [-0.1, -0.05) is 11.8 Å². The second kappa shape index (κ2) is 6.10. The second-order valence-electron chi connectivity index (χ2n) is 5.33. The Balaban J connectivity index is 0. The summed E-state index contributed by atoms with van der Waals surface area (Å²) in [5, 5.41) is 0. The third-order valence-electron chi connectivity index (χ3n) is 1.10. The number of Topliss-reactive ketones (excluding diaryl/α,β-unsaturated/α-hetero) is 1. The van der Waals surface area contributed by atoms with E-state index in [1.54, 1.807) is 0 Å². The van der Waals surface area contributed by atoms with Crippen molar-refractivity contribution in [3.63, 3.8) is 0 Å². The zero-order chi connectivity index (χ0) is 11.4. The number of hydrogen-bond donors (Lipinski definition) is 0. The van der Waals surface area contributed by atoms with E-state index < -0.39 is 0 Å². The Labute approximate surface area is 106 Å². The standard InChI is InChI=1S/C13H18O.Ru/c1-12(2,3)9-7-11(14)8-10-13(4,5)6;/h1-6H3;. The summed E-state index contributed by atoms with van der Waals surface area (Å²) < 4.78 is 0. The van der Waals surface area contributed by atoms with E-state index in [0.29, 0.717) is 0 Å². The van der Waals surface area contributed by atoms with Gasteiger partial charge in [-0.05, 0) is 53.4 Å². The van der Waals surface area contributed by atoms with Gasteiger partial charge in [0, 0.05) is 30.3 Å². The van der Waals surface area contributed by atoms with Crippen molar-refractivity contribution in [3.05, 3.63) is 0 Å². The summed E-state index contributed by atoms with van der Waals surface area (Å²) in [6, 6.07) is 0. The fraction of sp³-hybridized carbons (Fsp3) is 0.615. The molecule has 0 rings (SSSR count). The summed E-state index contributed by atoms with van der Waals surface area (Å²) in [6.07, 6.45) is 0. The first kappa shape index (κ1) is 16.8. The van der Waals surface area contributed by atoms with E-state index in [0.717, 1.165) is 0 Å². The summed E-state index contributed by atoms with van der Waals surface area (Å²) >= 11 is 0. The molecule has 0 atom stereocenters. The maximum Gasteiger partial charge on any atom is 0.279 e. The summed E-state index contributed by atoms with van der Waals surface area (Å²) in [5.41, 5.74) is -0.280. The molecule has 0 aromatic rings. The summed E-state index contributed by atoms with van der Waals surface area (Å²) in [6.45, 7) is 11.8. The topological polar surface area (TPSA) is 17.1 Å². The minimum Gasteiger partial charge on any atom is -0.270 e. The molecule has 0 saturated heterocycles. The minimum absolute atomic E-state index is 0. The van der Waals surface area contributed by atoms with E-state index in [9.17, 15) is 4.79 Å². The normalized spacial score (nSPS) is 10.0. The van der Waals surface area contributed by atoms with Crippen LogP contribution in [0.4, 0.5) is 0 Å². The van der Waals surface area contributed by atoms with Crippen LogP contribution in [0.3, 0.4) is 0 Å². The molecule has 0 radical (unpaired) electrons. The molecule has 0 bridgehead atoms. The fourth-order valence-electron chi connectivity index (χ4n) is 0.520. The molecular weight excluding hydrogens is 273 g/mol. The molecule has 0 unspecified atom stereocenters. The summed E-state index contributed by atoms with van der Waals surface area (Å²) in [4.78, 5) is 11.2. The van der Waals surface area contributed by atoms with Gasteiger partial charge < -0.3 is 0 Å². The van der Waals surface area contributed by atoms with Crippen LogP contribution in [0.1, 0.15) is 41.5 Å². The Bertz CT molecular complexity index is 297. The van der Waals surface area contributed by atoms with E-state index >= 15 is 0 Å². The molecule has 0 aliphatic rings. The molecule has 0 aromatic carbocycles. The Kier molecular flexibility index (Phi) is 6.84. The molecule has 84 valence electrons. The maximum atomic E-state index is 11.2. The van der Waals surface area contributed by atoms with Crippen molar-refractivity contribution < 1.29 is 24.3 Å². The summed E-state index contributed by atoms with van der Waals surface area (Å²) in [7, 11) is 0. The third-order valence-corrected chi connectivity index (χ3v) is 1.10. The molecule has 2 heteroatoms. The largest absolute Gasteiger partial charge is 0.279 e. The van der Waals surface area contributed by atoms with Crippen molar-refractivity contribution in [2.24, 2.45) is 10.8 Å². The number of rotatable bonds is 0. The van der Waals surface area contributed by atoms with Crippen molar-refractivity contribution in [3.8, 4) is 23.7 Å². The first-order valence-electron chi connectivity index (χ1n) is 4.70. The monoisotopic (exact) mass is 292 g/mol. The molecule has 0 amide bonds. The van der Waals surface area contributed by atoms with Gasteiger partial charge in [0.1, 0.15) is 0 Å². The Morgan fingerprint density at radius 2 is 1.07 bits per heavy atom. The number of hydrogen-bond acceptors (Lipinski definition) is 1. The Morgan fingerprint density at radius 1 is 0.800 bits per heavy atom. The van der Waals surface area contributed by atoms with E-state index in [2.05, 4.69) is 23.7 Å². The Morgan fingerprint density at radius 3 is 1.27 bits per heavy atom. The van der Waals surface area contributed by atoms with Crippen LogP contribution in [-0.4, -0.2) is 5.78 Å². The average Bonchev–Trinajstić information content (AvgIpc) is 1.94. The van der Waals surface area contributed by atoms with Gasteiger partial charge in [-0.2, -0.15) is 0 Å². The van der Waals surface area contributed by atoms with Crippen LogP contribution in [0, 0.1) is 34.5 Å². The fourth-order valence-corrected chi connectivity index (χ4v) is 0.520. The van der Waals surface area contributed by atoms with E-state index in [4.69, 9.17) is 0 Å². The van der Waals surface area contributed by atoms with Crippen LogP contribution in [0.2, 0.25) is 0 Å². The van der Waals surface area contributed by atoms with Crippen molar-refractivity contribution in [1.82, 2.24) is 0 Å².